The average Bonchev–Trinajstić information content (AvgIpc) is 3.87. The van der Waals surface area contributed by atoms with Crippen LogP contribution in [0.25, 0.3) is 83.6 Å². The number of hydrogen-bond donors (Lipinski definition) is 0. The number of aromatic nitrogens is 3. The maximum atomic E-state index is 6.53. The maximum absolute atomic E-state index is 6.53. The molecule has 1 radical (unpaired) electrons. The number of hydrogen-bond acceptors (Lipinski definition) is 3. The van der Waals surface area contributed by atoms with Gasteiger partial charge in [-0.15, -0.1) is 53.6 Å². The minimum Gasteiger partial charge on any atom is -0.501 e. The Labute approximate surface area is 411 Å². The summed E-state index contributed by atoms with van der Waals surface area (Å²) in [5.74, 6) is 0.800. The largest absolute Gasteiger partial charge is 0.501 e. The van der Waals surface area contributed by atoms with Crippen molar-refractivity contribution in [3.8, 4) is 50.6 Å². The smallest absolute Gasteiger partial charge is 0.120 e. The third-order valence-corrected chi connectivity index (χ3v) is 14.3. The van der Waals surface area contributed by atoms with E-state index in [1.807, 2.05) is 30.3 Å². The van der Waals surface area contributed by atoms with Gasteiger partial charge in [-0.2, -0.15) is 0 Å². The summed E-state index contributed by atoms with van der Waals surface area (Å²) in [6.45, 7) is 23.0. The van der Waals surface area contributed by atoms with Crippen molar-refractivity contribution in [2.24, 2.45) is 5.41 Å². The Bertz CT molecular complexity index is 3270. The molecule has 0 aliphatic carbocycles. The van der Waals surface area contributed by atoms with Crippen molar-refractivity contribution in [1.82, 2.24) is 14.5 Å². The Kier molecular flexibility index (Phi) is 13.3. The van der Waals surface area contributed by atoms with Crippen LogP contribution < -0.4 is 5.19 Å². The summed E-state index contributed by atoms with van der Waals surface area (Å²) >= 11 is 0. The van der Waals surface area contributed by atoms with Crippen molar-refractivity contribution in [3.63, 3.8) is 0 Å². The minimum absolute atomic E-state index is 0. The maximum Gasteiger partial charge on any atom is 0.120 e. The molecule has 0 N–H and O–H groups in total. The number of aryl methyl sites for hydroxylation is 1. The Morgan fingerprint density at radius 3 is 1.91 bits per heavy atom. The summed E-state index contributed by atoms with van der Waals surface area (Å²) in [5, 5.41) is 3.63. The first kappa shape index (κ1) is 47.3. The molecule has 10 aromatic rings. The molecule has 0 atom stereocenters. The molecule has 3 aromatic heterocycles. The Balaban J connectivity index is 0.000000224. The Morgan fingerprint density at radius 1 is 0.672 bits per heavy atom. The van der Waals surface area contributed by atoms with Crippen LogP contribution in [0.5, 0.6) is 0 Å². The molecule has 0 spiro atoms. The topological polar surface area (TPSA) is 43.9 Å². The summed E-state index contributed by atoms with van der Waals surface area (Å²) in [7, 11) is -1.38. The fraction of sp³-hybridized carbons (Fsp3) is 0.213. The second kappa shape index (κ2) is 18.8. The number of pyridine rings is 1. The Morgan fingerprint density at radius 2 is 1.30 bits per heavy atom. The van der Waals surface area contributed by atoms with Crippen LogP contribution in [-0.4, -0.2) is 22.6 Å². The van der Waals surface area contributed by atoms with Gasteiger partial charge in [-0.05, 0) is 75.2 Å². The van der Waals surface area contributed by atoms with E-state index < -0.39 is 8.07 Å². The first-order chi connectivity index (χ1) is 31.5. The summed E-state index contributed by atoms with van der Waals surface area (Å²) in [4.78, 5) is 10.0. The molecule has 4 nitrogen and oxygen atoms in total. The summed E-state index contributed by atoms with van der Waals surface area (Å²) in [6.07, 6.45) is 3.21. The zero-order valence-corrected chi connectivity index (χ0v) is 43.8. The van der Waals surface area contributed by atoms with Gasteiger partial charge < -0.3 is 14.0 Å². The molecule has 0 bridgehead atoms. The molecule has 6 heteroatoms. The van der Waals surface area contributed by atoms with E-state index >= 15 is 0 Å². The average molecular weight is 1070 g/mol. The number of nitrogens with zero attached hydrogens (tertiary/aromatic N) is 3. The van der Waals surface area contributed by atoms with Crippen molar-refractivity contribution >= 4 is 46.2 Å². The molecule has 10 rings (SSSR count). The molecular formula is C61H59IrN3OSi-2. The van der Waals surface area contributed by atoms with Crippen molar-refractivity contribution in [1.29, 1.82) is 0 Å². The molecular weight excluding hydrogens is 1010 g/mol. The van der Waals surface area contributed by atoms with Crippen molar-refractivity contribution < 1.29 is 24.5 Å². The number of rotatable bonds is 7. The summed E-state index contributed by atoms with van der Waals surface area (Å²) in [5.41, 5.74) is 16.5. The third kappa shape index (κ3) is 9.95. The molecule has 0 aliphatic rings. The fourth-order valence-corrected chi connectivity index (χ4v) is 10.5. The van der Waals surface area contributed by atoms with Crippen LogP contribution in [0, 0.1) is 24.5 Å². The van der Waals surface area contributed by atoms with Gasteiger partial charge in [0.15, 0.2) is 0 Å². The SMILES string of the molecule is CC(C)(C)c1cc(-c2ccccc2)c(-n2c(-c3[c-]ccc4c3oc3ccccc34)nc3ccccc32)c(-c2ccccc2)c1.Cc1c[c-]c(-c2cc(CC(C)(C)C)c([Si](C)(C)C)cn2)cc1.[Ir]. The van der Waals surface area contributed by atoms with Gasteiger partial charge in [0, 0.05) is 42.8 Å². The molecule has 0 saturated heterocycles. The predicted molar refractivity (Wildman–Crippen MR) is 282 cm³/mol. The molecule has 0 amide bonds. The van der Waals surface area contributed by atoms with Gasteiger partial charge >= 0.3 is 0 Å². The molecule has 0 unspecified atom stereocenters. The fourth-order valence-electron chi connectivity index (χ4n) is 8.96. The molecule has 3 heterocycles. The van der Waals surface area contributed by atoms with Gasteiger partial charge in [0.1, 0.15) is 5.58 Å². The van der Waals surface area contributed by atoms with Gasteiger partial charge in [-0.1, -0.05) is 182 Å². The van der Waals surface area contributed by atoms with Gasteiger partial charge in [0.2, 0.25) is 0 Å². The molecule has 339 valence electrons. The number of furan rings is 1. The molecule has 0 fully saturated rings. The van der Waals surface area contributed by atoms with E-state index in [0.717, 1.165) is 90.0 Å². The number of imidazole rings is 1. The second-order valence-corrected chi connectivity index (χ2v) is 25.9. The first-order valence-electron chi connectivity index (χ1n) is 23.1. The quantitative estimate of drug-likeness (QED) is 0.118. The normalized spacial score (nSPS) is 12.0. The predicted octanol–water partition coefficient (Wildman–Crippen LogP) is 16.0. The van der Waals surface area contributed by atoms with Crippen molar-refractivity contribution in [3.05, 3.63) is 193 Å². The van der Waals surface area contributed by atoms with E-state index in [-0.39, 0.29) is 30.9 Å². The van der Waals surface area contributed by atoms with E-state index in [4.69, 9.17) is 14.4 Å². The third-order valence-electron chi connectivity index (χ3n) is 12.3. The zero-order valence-electron chi connectivity index (χ0n) is 40.4. The van der Waals surface area contributed by atoms with Crippen LogP contribution >= 0.6 is 0 Å². The van der Waals surface area contributed by atoms with Crippen LogP contribution in [0.3, 0.4) is 0 Å². The molecule has 67 heavy (non-hydrogen) atoms. The van der Waals surface area contributed by atoms with Crippen LogP contribution in [0.1, 0.15) is 58.2 Å². The van der Waals surface area contributed by atoms with E-state index in [1.54, 1.807) is 0 Å². The van der Waals surface area contributed by atoms with E-state index in [2.05, 4.69) is 218 Å². The second-order valence-electron chi connectivity index (χ2n) is 20.8. The van der Waals surface area contributed by atoms with Gasteiger partial charge in [0.25, 0.3) is 0 Å². The zero-order chi connectivity index (χ0) is 46.4. The number of fused-ring (bicyclic) bond motifs is 4. The molecule has 0 saturated carbocycles. The number of para-hydroxylation sites is 3. The van der Waals surface area contributed by atoms with E-state index in [9.17, 15) is 0 Å². The Hall–Kier alpha value is -6.17. The van der Waals surface area contributed by atoms with Crippen LogP contribution in [0.2, 0.25) is 19.6 Å². The summed E-state index contributed by atoms with van der Waals surface area (Å²) < 4.78 is 8.86. The monoisotopic (exact) mass is 1070 g/mol. The summed E-state index contributed by atoms with van der Waals surface area (Å²) in [6, 6.07) is 62.2. The molecule has 7 aromatic carbocycles. The van der Waals surface area contributed by atoms with Crippen molar-refractivity contribution in [2.75, 3.05) is 0 Å². The van der Waals surface area contributed by atoms with Crippen LogP contribution in [0.4, 0.5) is 0 Å². The minimum atomic E-state index is -1.38. The van der Waals surface area contributed by atoms with Gasteiger partial charge in [-0.3, -0.25) is 4.98 Å². The van der Waals surface area contributed by atoms with Crippen LogP contribution in [-0.2, 0) is 31.9 Å². The number of benzene rings is 7. The van der Waals surface area contributed by atoms with Gasteiger partial charge in [-0.25, -0.2) is 0 Å². The van der Waals surface area contributed by atoms with E-state index in [0.29, 0.717) is 0 Å². The van der Waals surface area contributed by atoms with Crippen molar-refractivity contribution in [2.45, 2.75) is 79.9 Å². The first-order valence-corrected chi connectivity index (χ1v) is 26.6. The standard InChI is InChI=1S/C41H31N2O.C20H28NSi.Ir/c1-41(2,3)29-25-33(27-15-6-4-7-16-27)38(34(26-29)28-17-8-5-9-18-28)43-36-23-12-11-22-35(36)42-40(43)32-21-14-20-31-30-19-10-13-24-37(30)44-39(31)32;1-15-8-10-16(11-9-15)18-12-17(13-20(2,3)4)19(14-21-18)22(5,6)7;/h4-20,22-26H,1-3H3;8-10,12,14H,13H2,1-7H3;/q2*-1;. The van der Waals surface area contributed by atoms with Crippen LogP contribution in [0.15, 0.2) is 168 Å². The molecule has 0 aliphatic heterocycles. The van der Waals surface area contributed by atoms with E-state index in [1.165, 1.54) is 21.9 Å². The van der Waals surface area contributed by atoms with Gasteiger partial charge in [0.05, 0.1) is 36.2 Å².